The lowest BCUT2D eigenvalue weighted by atomic mass is 10.3. The third kappa shape index (κ3) is 4.44. The van der Waals surface area contributed by atoms with Crippen LogP contribution in [0.3, 0.4) is 0 Å². The van der Waals surface area contributed by atoms with Gasteiger partial charge in [-0.3, -0.25) is 0 Å². The summed E-state index contributed by atoms with van der Waals surface area (Å²) in [6, 6.07) is 3.67. The van der Waals surface area contributed by atoms with E-state index in [0.29, 0.717) is 36.3 Å². The van der Waals surface area contributed by atoms with Crippen LogP contribution in [0.15, 0.2) is 16.3 Å². The van der Waals surface area contributed by atoms with Gasteiger partial charge in [0.15, 0.2) is 0 Å². The smallest absolute Gasteiger partial charge is 0.315 e. The van der Waals surface area contributed by atoms with Crippen molar-refractivity contribution < 1.29 is 13.2 Å². The summed E-state index contributed by atoms with van der Waals surface area (Å²) in [6.07, 6.45) is 2.76. The third-order valence-electron chi connectivity index (χ3n) is 3.51. The molecule has 0 unspecified atom stereocenters. The van der Waals surface area contributed by atoms with Crippen molar-refractivity contribution in [1.82, 2.24) is 14.9 Å². The van der Waals surface area contributed by atoms with Crippen molar-refractivity contribution in [3.05, 3.63) is 17.0 Å². The maximum atomic E-state index is 12.4. The van der Waals surface area contributed by atoms with Gasteiger partial charge in [0.1, 0.15) is 4.21 Å². The maximum absolute atomic E-state index is 12.4. The molecule has 2 N–H and O–H groups in total. The van der Waals surface area contributed by atoms with Crippen molar-refractivity contribution in [3.63, 3.8) is 0 Å². The molecule has 124 valence electrons. The predicted octanol–water partition coefficient (Wildman–Crippen LogP) is 1.78. The van der Waals surface area contributed by atoms with Gasteiger partial charge in [-0.25, -0.2) is 13.2 Å². The second-order valence-electron chi connectivity index (χ2n) is 5.23. The van der Waals surface area contributed by atoms with Crippen molar-refractivity contribution in [1.29, 1.82) is 0 Å². The van der Waals surface area contributed by atoms with Gasteiger partial charge in [0, 0.05) is 30.6 Å². The van der Waals surface area contributed by atoms with Gasteiger partial charge in [0.05, 0.1) is 0 Å². The van der Waals surface area contributed by atoms with E-state index < -0.39 is 10.0 Å². The number of rotatable bonds is 8. The number of nitrogens with one attached hydrogen (secondary N) is 2. The Morgan fingerprint density at radius 2 is 2.00 bits per heavy atom. The van der Waals surface area contributed by atoms with Gasteiger partial charge >= 0.3 is 6.03 Å². The van der Waals surface area contributed by atoms with Crippen molar-refractivity contribution in [3.8, 4) is 0 Å². The van der Waals surface area contributed by atoms with Gasteiger partial charge in [-0.1, -0.05) is 13.8 Å². The van der Waals surface area contributed by atoms with Crippen LogP contribution in [0.1, 0.15) is 31.6 Å². The van der Waals surface area contributed by atoms with Crippen molar-refractivity contribution >= 4 is 27.4 Å². The molecule has 2 amide bonds. The average Bonchev–Trinajstić information content (AvgIpc) is 3.14. The summed E-state index contributed by atoms with van der Waals surface area (Å²) in [5, 5.41) is 5.64. The van der Waals surface area contributed by atoms with Crippen LogP contribution in [0.25, 0.3) is 0 Å². The number of urea groups is 1. The summed E-state index contributed by atoms with van der Waals surface area (Å²) in [5.74, 6) is 0. The molecular weight excluding hydrogens is 322 g/mol. The lowest BCUT2D eigenvalue weighted by molar-refractivity contribution is 0.240. The van der Waals surface area contributed by atoms with E-state index in [1.54, 1.807) is 6.07 Å². The molecule has 1 fully saturated rings. The molecule has 22 heavy (non-hydrogen) atoms. The van der Waals surface area contributed by atoms with E-state index in [4.69, 9.17) is 0 Å². The van der Waals surface area contributed by atoms with Crippen LogP contribution < -0.4 is 10.6 Å². The van der Waals surface area contributed by atoms with E-state index in [9.17, 15) is 13.2 Å². The minimum absolute atomic E-state index is 0.143. The van der Waals surface area contributed by atoms with Crippen LogP contribution in [-0.2, 0) is 16.4 Å². The average molecular weight is 345 g/mol. The first-order valence-corrected chi connectivity index (χ1v) is 9.86. The van der Waals surface area contributed by atoms with E-state index in [0.717, 1.165) is 17.7 Å². The normalized spacial score (nSPS) is 15.0. The van der Waals surface area contributed by atoms with Crippen LogP contribution >= 0.6 is 11.3 Å². The van der Waals surface area contributed by atoms with E-state index in [1.165, 1.54) is 15.6 Å². The number of carbonyl (C=O) groups is 1. The summed E-state index contributed by atoms with van der Waals surface area (Å²) in [4.78, 5) is 12.4. The molecule has 8 heteroatoms. The zero-order valence-corrected chi connectivity index (χ0v) is 14.6. The van der Waals surface area contributed by atoms with Gasteiger partial charge in [0.25, 0.3) is 10.0 Å². The molecule has 1 aliphatic carbocycles. The number of sulfonamides is 1. The van der Waals surface area contributed by atoms with Gasteiger partial charge in [-0.05, 0) is 31.4 Å². The quantitative estimate of drug-likeness (QED) is 0.754. The van der Waals surface area contributed by atoms with Crippen molar-refractivity contribution in [2.75, 3.05) is 19.6 Å². The molecule has 1 heterocycles. The second kappa shape index (κ2) is 7.43. The maximum Gasteiger partial charge on any atom is 0.315 e. The van der Waals surface area contributed by atoms with Crippen LogP contribution in [0.2, 0.25) is 0 Å². The second-order valence-corrected chi connectivity index (χ2v) is 8.57. The zero-order chi connectivity index (χ0) is 16.2. The minimum atomic E-state index is -3.38. The van der Waals surface area contributed by atoms with Crippen LogP contribution in [0.4, 0.5) is 4.79 Å². The van der Waals surface area contributed by atoms with Crippen molar-refractivity contribution in [2.45, 2.75) is 43.4 Å². The molecule has 1 aromatic heterocycles. The van der Waals surface area contributed by atoms with Crippen LogP contribution in [0.5, 0.6) is 0 Å². The van der Waals surface area contributed by atoms with Gasteiger partial charge in [0.2, 0.25) is 0 Å². The fourth-order valence-electron chi connectivity index (χ4n) is 2.09. The summed E-state index contributed by atoms with van der Waals surface area (Å²) in [5.41, 5.74) is 0. The Balaban J connectivity index is 1.86. The highest BCUT2D eigenvalue weighted by molar-refractivity contribution is 7.91. The molecular formula is C14H23N3O3S2. The lowest BCUT2D eigenvalue weighted by Crippen LogP contribution is -2.37. The Bertz CT molecular complexity index is 605. The molecule has 0 aromatic carbocycles. The Labute approximate surface area is 135 Å². The monoisotopic (exact) mass is 345 g/mol. The summed E-state index contributed by atoms with van der Waals surface area (Å²) < 4.78 is 26.6. The van der Waals surface area contributed by atoms with Gasteiger partial charge < -0.3 is 10.6 Å². The summed E-state index contributed by atoms with van der Waals surface area (Å²) >= 11 is 1.28. The zero-order valence-electron chi connectivity index (χ0n) is 13.0. The highest BCUT2D eigenvalue weighted by Gasteiger charge is 2.24. The van der Waals surface area contributed by atoms with Gasteiger partial charge in [-0.15, -0.1) is 11.3 Å². The standard InChI is InChI=1S/C14H23N3O3S2/c1-3-17(4-2)22(19,20)13-8-7-12(21-13)9-10-15-14(18)16-11-5-6-11/h7-8,11H,3-6,9-10H2,1-2H3,(H2,15,16,18). The molecule has 1 aromatic rings. The molecule has 0 spiro atoms. The Morgan fingerprint density at radius 1 is 1.32 bits per heavy atom. The largest absolute Gasteiger partial charge is 0.338 e. The first-order valence-electron chi connectivity index (χ1n) is 7.60. The number of nitrogens with zero attached hydrogens (tertiary/aromatic N) is 1. The fourth-order valence-corrected chi connectivity index (χ4v) is 5.05. The SMILES string of the molecule is CCN(CC)S(=O)(=O)c1ccc(CCNC(=O)NC2CC2)s1. The van der Waals surface area contributed by atoms with E-state index in [1.807, 2.05) is 19.9 Å². The van der Waals surface area contributed by atoms with E-state index in [2.05, 4.69) is 10.6 Å². The fraction of sp³-hybridized carbons (Fsp3) is 0.643. The number of carbonyl (C=O) groups excluding carboxylic acids is 1. The Hall–Kier alpha value is -1.12. The minimum Gasteiger partial charge on any atom is -0.338 e. The molecule has 0 bridgehead atoms. The van der Waals surface area contributed by atoms with Crippen LogP contribution in [-0.4, -0.2) is 44.4 Å². The lowest BCUT2D eigenvalue weighted by Gasteiger charge is -2.16. The first kappa shape index (κ1) is 17.2. The molecule has 1 aliphatic rings. The van der Waals surface area contributed by atoms with Gasteiger partial charge in [-0.2, -0.15) is 4.31 Å². The number of hydrogen-bond donors (Lipinski definition) is 2. The molecule has 0 radical (unpaired) electrons. The summed E-state index contributed by atoms with van der Waals surface area (Å²) in [6.45, 7) is 5.10. The Kier molecular flexibility index (Phi) is 5.82. The number of thiophene rings is 1. The first-order chi connectivity index (χ1) is 10.5. The molecule has 0 atom stereocenters. The van der Waals surface area contributed by atoms with Crippen molar-refractivity contribution in [2.24, 2.45) is 0 Å². The number of hydrogen-bond acceptors (Lipinski definition) is 4. The van der Waals surface area contributed by atoms with E-state index in [-0.39, 0.29) is 6.03 Å². The molecule has 6 nitrogen and oxygen atoms in total. The van der Waals surface area contributed by atoms with E-state index >= 15 is 0 Å². The van der Waals surface area contributed by atoms with Crippen LogP contribution in [0, 0.1) is 0 Å². The third-order valence-corrected chi connectivity index (χ3v) is 7.17. The predicted molar refractivity (Wildman–Crippen MR) is 87.7 cm³/mol. The Morgan fingerprint density at radius 3 is 2.59 bits per heavy atom. The molecule has 1 saturated carbocycles. The molecule has 0 saturated heterocycles. The topological polar surface area (TPSA) is 78.5 Å². The molecule has 2 rings (SSSR count). The number of amides is 2. The summed E-state index contributed by atoms with van der Waals surface area (Å²) in [7, 11) is -3.38. The highest BCUT2D eigenvalue weighted by atomic mass is 32.2. The highest BCUT2D eigenvalue weighted by Crippen LogP contribution is 2.25. The molecule has 0 aliphatic heterocycles.